The van der Waals surface area contributed by atoms with Crippen molar-refractivity contribution in [2.45, 2.75) is 26.8 Å². The van der Waals surface area contributed by atoms with E-state index in [1.807, 2.05) is 13.0 Å². The highest BCUT2D eigenvalue weighted by Gasteiger charge is 2.18. The summed E-state index contributed by atoms with van der Waals surface area (Å²) in [4.78, 5) is 17.2. The number of likely N-dealkylation sites (N-methyl/N-ethyl adjacent to an activating group) is 1. The fourth-order valence-corrected chi connectivity index (χ4v) is 3.46. The van der Waals surface area contributed by atoms with Crippen molar-refractivity contribution in [3.05, 3.63) is 53.6 Å². The van der Waals surface area contributed by atoms with Crippen molar-refractivity contribution in [1.82, 2.24) is 4.90 Å². The number of carbonyl (C=O) groups excluding carboxylic acids is 1. The number of hydrogen-bond donors (Lipinski definition) is 2. The second-order valence-corrected chi connectivity index (χ2v) is 7.40. The Morgan fingerprint density at radius 2 is 1.76 bits per heavy atom. The number of hydrogen-bond acceptors (Lipinski definition) is 4. The Balaban J connectivity index is 1.61. The normalized spacial score (nSPS) is 15.8. The minimum absolute atomic E-state index is 0.0386. The zero-order valence-corrected chi connectivity index (χ0v) is 17.1. The topological polar surface area (TPSA) is 47.6 Å². The molecule has 2 aromatic rings. The number of amides is 1. The van der Waals surface area contributed by atoms with Gasteiger partial charge in [0.2, 0.25) is 5.91 Å². The molecule has 0 unspecified atom stereocenters. The van der Waals surface area contributed by atoms with Crippen LogP contribution in [0.4, 0.5) is 25.8 Å². The van der Waals surface area contributed by atoms with Gasteiger partial charge in [0, 0.05) is 43.6 Å². The van der Waals surface area contributed by atoms with Crippen molar-refractivity contribution in [2.75, 3.05) is 48.3 Å². The molecule has 1 amide bonds. The summed E-state index contributed by atoms with van der Waals surface area (Å²) in [5.74, 6) is -1.87. The number of aryl methyl sites for hydroxylation is 1. The molecule has 1 saturated heterocycles. The number of anilines is 3. The first-order valence-electron chi connectivity index (χ1n) is 9.97. The third kappa shape index (κ3) is 5.23. The molecule has 0 aliphatic carbocycles. The van der Waals surface area contributed by atoms with E-state index in [-0.39, 0.29) is 5.69 Å². The highest BCUT2D eigenvalue weighted by atomic mass is 19.1. The second kappa shape index (κ2) is 9.22. The first kappa shape index (κ1) is 21.0. The van der Waals surface area contributed by atoms with Crippen LogP contribution in [0.15, 0.2) is 36.4 Å². The lowest BCUT2D eigenvalue weighted by molar-refractivity contribution is -0.116. The summed E-state index contributed by atoms with van der Waals surface area (Å²) in [7, 11) is 0. The summed E-state index contributed by atoms with van der Waals surface area (Å²) in [6, 6.07) is 8.64. The molecule has 1 atom stereocenters. The van der Waals surface area contributed by atoms with Gasteiger partial charge in [-0.05, 0) is 56.3 Å². The molecule has 29 heavy (non-hydrogen) atoms. The first-order valence-corrected chi connectivity index (χ1v) is 9.97. The van der Waals surface area contributed by atoms with Gasteiger partial charge in [0.25, 0.3) is 0 Å². The number of carbonyl (C=O) groups is 1. The summed E-state index contributed by atoms with van der Waals surface area (Å²) < 4.78 is 26.8. The van der Waals surface area contributed by atoms with Crippen LogP contribution in [0.5, 0.6) is 0 Å². The molecule has 156 valence electrons. The maximum atomic E-state index is 13.8. The minimum atomic E-state index is -0.797. The first-order chi connectivity index (χ1) is 13.9. The molecular formula is C22H28F2N4O. The van der Waals surface area contributed by atoms with Gasteiger partial charge < -0.3 is 20.4 Å². The molecule has 5 nitrogen and oxygen atoms in total. The molecule has 0 aromatic heterocycles. The maximum Gasteiger partial charge on any atom is 0.246 e. The van der Waals surface area contributed by atoms with Crippen LogP contribution in [0.2, 0.25) is 0 Å². The monoisotopic (exact) mass is 402 g/mol. The van der Waals surface area contributed by atoms with Crippen LogP contribution in [0, 0.1) is 18.6 Å². The van der Waals surface area contributed by atoms with Crippen LogP contribution >= 0.6 is 0 Å². The van der Waals surface area contributed by atoms with Crippen molar-refractivity contribution in [3.8, 4) is 0 Å². The van der Waals surface area contributed by atoms with Gasteiger partial charge in [0.05, 0.1) is 5.69 Å². The quantitative estimate of drug-likeness (QED) is 0.771. The molecule has 0 spiro atoms. The lowest BCUT2D eigenvalue weighted by Gasteiger charge is -2.35. The van der Waals surface area contributed by atoms with Crippen LogP contribution in [-0.2, 0) is 4.79 Å². The number of halogens is 2. The Bertz CT molecular complexity index is 866. The zero-order chi connectivity index (χ0) is 21.0. The Labute approximate surface area is 170 Å². The molecule has 2 N–H and O–H groups in total. The minimum Gasteiger partial charge on any atom is -0.374 e. The van der Waals surface area contributed by atoms with E-state index in [2.05, 4.69) is 39.5 Å². The van der Waals surface area contributed by atoms with Gasteiger partial charge >= 0.3 is 0 Å². The Morgan fingerprint density at radius 1 is 1.07 bits per heavy atom. The van der Waals surface area contributed by atoms with E-state index in [0.29, 0.717) is 0 Å². The average molecular weight is 402 g/mol. The fourth-order valence-electron chi connectivity index (χ4n) is 3.46. The van der Waals surface area contributed by atoms with Crippen LogP contribution < -0.4 is 15.5 Å². The number of benzene rings is 2. The lowest BCUT2D eigenvalue weighted by atomic mass is 10.1. The van der Waals surface area contributed by atoms with Crippen molar-refractivity contribution in [1.29, 1.82) is 0 Å². The molecule has 0 bridgehead atoms. The van der Waals surface area contributed by atoms with Gasteiger partial charge in [-0.25, -0.2) is 8.78 Å². The predicted octanol–water partition coefficient (Wildman–Crippen LogP) is 3.85. The summed E-state index contributed by atoms with van der Waals surface area (Å²) in [5, 5.41) is 5.67. The Hall–Kier alpha value is -2.67. The predicted molar refractivity (Wildman–Crippen MR) is 114 cm³/mol. The van der Waals surface area contributed by atoms with Crippen molar-refractivity contribution in [2.24, 2.45) is 0 Å². The number of rotatable bonds is 6. The SMILES string of the molecule is CCN1CCN(c2ccc(N[C@@H](C)C(=O)Nc3ccc(F)cc3F)c(C)c2)CC1. The average Bonchev–Trinajstić information content (AvgIpc) is 2.71. The molecule has 1 heterocycles. The largest absolute Gasteiger partial charge is 0.374 e. The maximum absolute atomic E-state index is 13.8. The third-order valence-electron chi connectivity index (χ3n) is 5.35. The standard InChI is InChI=1S/C22H28F2N4O/c1-4-27-9-11-28(12-10-27)18-6-8-20(15(2)13-18)25-16(3)22(29)26-21-7-5-17(23)14-19(21)24/h5-8,13-14,16,25H,4,9-12H2,1-3H3,(H,26,29)/t16-/m0/s1. The fraction of sp³-hybridized carbons (Fsp3) is 0.409. The van der Waals surface area contributed by atoms with Crippen LogP contribution in [-0.4, -0.2) is 49.6 Å². The summed E-state index contributed by atoms with van der Waals surface area (Å²) in [6.07, 6.45) is 0. The van der Waals surface area contributed by atoms with E-state index in [9.17, 15) is 13.6 Å². The van der Waals surface area contributed by atoms with Crippen LogP contribution in [0.3, 0.4) is 0 Å². The molecule has 1 aliphatic rings. The zero-order valence-electron chi connectivity index (χ0n) is 17.1. The van der Waals surface area contributed by atoms with Gasteiger partial charge in [-0.3, -0.25) is 4.79 Å². The van der Waals surface area contributed by atoms with Crippen LogP contribution in [0.1, 0.15) is 19.4 Å². The van der Waals surface area contributed by atoms with E-state index < -0.39 is 23.6 Å². The highest BCUT2D eigenvalue weighted by molar-refractivity contribution is 5.96. The van der Waals surface area contributed by atoms with Crippen molar-refractivity contribution < 1.29 is 13.6 Å². The van der Waals surface area contributed by atoms with E-state index >= 15 is 0 Å². The van der Waals surface area contributed by atoms with Gasteiger partial charge in [-0.2, -0.15) is 0 Å². The molecule has 0 radical (unpaired) electrons. The van der Waals surface area contributed by atoms with Crippen LogP contribution in [0.25, 0.3) is 0 Å². The Kier molecular flexibility index (Phi) is 6.69. The van der Waals surface area contributed by atoms with Crippen molar-refractivity contribution >= 4 is 23.0 Å². The van der Waals surface area contributed by atoms with Gasteiger partial charge in [0.1, 0.15) is 17.7 Å². The van der Waals surface area contributed by atoms with E-state index in [1.54, 1.807) is 6.92 Å². The van der Waals surface area contributed by atoms with E-state index in [4.69, 9.17) is 0 Å². The summed E-state index contributed by atoms with van der Waals surface area (Å²) in [5.41, 5.74) is 3.02. The summed E-state index contributed by atoms with van der Waals surface area (Å²) in [6.45, 7) is 11.1. The number of piperazine rings is 1. The number of nitrogens with one attached hydrogen (secondary N) is 2. The smallest absolute Gasteiger partial charge is 0.246 e. The summed E-state index contributed by atoms with van der Waals surface area (Å²) >= 11 is 0. The number of nitrogens with zero attached hydrogens (tertiary/aromatic N) is 2. The molecular weight excluding hydrogens is 374 g/mol. The lowest BCUT2D eigenvalue weighted by Crippen LogP contribution is -2.46. The van der Waals surface area contributed by atoms with E-state index in [1.165, 1.54) is 11.8 Å². The van der Waals surface area contributed by atoms with Gasteiger partial charge in [0.15, 0.2) is 0 Å². The van der Waals surface area contributed by atoms with Gasteiger partial charge in [-0.15, -0.1) is 0 Å². The molecule has 7 heteroatoms. The second-order valence-electron chi connectivity index (χ2n) is 7.40. The molecule has 0 saturated carbocycles. The van der Waals surface area contributed by atoms with Gasteiger partial charge in [-0.1, -0.05) is 6.92 Å². The Morgan fingerprint density at radius 3 is 2.38 bits per heavy atom. The molecule has 1 aliphatic heterocycles. The molecule has 2 aromatic carbocycles. The third-order valence-corrected chi connectivity index (χ3v) is 5.35. The van der Waals surface area contributed by atoms with E-state index in [0.717, 1.165) is 56.1 Å². The molecule has 3 rings (SSSR count). The highest BCUT2D eigenvalue weighted by Crippen LogP contribution is 2.24. The molecule has 1 fully saturated rings. The van der Waals surface area contributed by atoms with Crippen molar-refractivity contribution in [3.63, 3.8) is 0 Å².